The lowest BCUT2D eigenvalue weighted by molar-refractivity contribution is 0.126. The van der Waals surface area contributed by atoms with Gasteiger partial charge in [-0.3, -0.25) is 0 Å². The number of aliphatic imine (C=N–C) groups is 2. The number of hydrogen-bond acceptors (Lipinski definition) is 3. The van der Waals surface area contributed by atoms with Crippen LogP contribution in [0.5, 0.6) is 0 Å². The van der Waals surface area contributed by atoms with E-state index in [0.717, 1.165) is 0 Å². The number of amidine groups is 1. The van der Waals surface area contributed by atoms with Crippen LogP contribution in [0.15, 0.2) is 9.98 Å². The van der Waals surface area contributed by atoms with E-state index < -0.39 is 0 Å². The summed E-state index contributed by atoms with van der Waals surface area (Å²) in [5, 5.41) is 0. The number of nitrogens with zero attached hydrogens (tertiary/aromatic N) is 2. The zero-order valence-corrected chi connectivity index (χ0v) is 8.29. The topological polar surface area (TPSA) is 43.2 Å². The third-order valence-electron chi connectivity index (χ3n) is 1.32. The van der Waals surface area contributed by atoms with Crippen LogP contribution in [-0.4, -0.2) is 32.2 Å². The molecule has 0 spiro atoms. The Labute approximate surface area is 73.3 Å². The van der Waals surface area contributed by atoms with E-state index in [1.807, 2.05) is 6.92 Å². The van der Waals surface area contributed by atoms with Crippen molar-refractivity contribution in [1.29, 1.82) is 0 Å². The first-order chi connectivity index (χ1) is 5.60. The van der Waals surface area contributed by atoms with E-state index in [4.69, 9.17) is 9.47 Å². The molecule has 0 aliphatic carbocycles. The molecule has 0 rings (SSSR count). The van der Waals surface area contributed by atoms with Gasteiger partial charge in [-0.2, -0.15) is 0 Å². The van der Waals surface area contributed by atoms with Crippen molar-refractivity contribution >= 4 is 11.7 Å². The van der Waals surface area contributed by atoms with Gasteiger partial charge in [0, 0.05) is 14.0 Å². The van der Waals surface area contributed by atoms with E-state index in [-0.39, 0.29) is 6.23 Å². The molecule has 0 heterocycles. The van der Waals surface area contributed by atoms with Crippen LogP contribution in [0.25, 0.3) is 0 Å². The van der Waals surface area contributed by atoms with Crippen molar-refractivity contribution < 1.29 is 9.47 Å². The molecule has 0 aliphatic heterocycles. The average molecular weight is 172 g/mol. The second kappa shape index (κ2) is 5.71. The van der Waals surface area contributed by atoms with Gasteiger partial charge in [-0.25, -0.2) is 9.98 Å². The van der Waals surface area contributed by atoms with Crippen LogP contribution in [0.4, 0.5) is 0 Å². The van der Waals surface area contributed by atoms with Crippen molar-refractivity contribution in [3.63, 3.8) is 0 Å². The lowest BCUT2D eigenvalue weighted by Crippen LogP contribution is -2.05. The molecular weight excluding hydrogens is 156 g/mol. The molecule has 0 fully saturated rings. The van der Waals surface area contributed by atoms with Crippen molar-refractivity contribution in [2.24, 2.45) is 9.98 Å². The van der Waals surface area contributed by atoms with Gasteiger partial charge < -0.3 is 9.47 Å². The summed E-state index contributed by atoms with van der Waals surface area (Å²) in [5.74, 6) is 1.25. The van der Waals surface area contributed by atoms with Gasteiger partial charge >= 0.3 is 0 Å². The second-order valence-corrected chi connectivity index (χ2v) is 2.35. The summed E-state index contributed by atoms with van der Waals surface area (Å²) in [5.41, 5.74) is 0. The molecule has 0 saturated heterocycles. The molecule has 1 unspecified atom stereocenters. The standard InChI is InChI=1S/C8H16N2O2/c1-6(9-7(2)11-4)10-8(3)12-5/h7H,1-5H3/b9-6-,10-8+. The third kappa shape index (κ3) is 4.85. The molecule has 0 bridgehead atoms. The molecule has 12 heavy (non-hydrogen) atoms. The molecule has 1 atom stereocenters. The maximum Gasteiger partial charge on any atom is 0.186 e. The fourth-order valence-electron chi connectivity index (χ4n) is 0.618. The van der Waals surface area contributed by atoms with E-state index in [1.165, 1.54) is 0 Å². The Bertz CT molecular complexity index is 187. The zero-order chi connectivity index (χ0) is 9.56. The normalized spacial score (nSPS) is 16.1. The fourth-order valence-corrected chi connectivity index (χ4v) is 0.618. The number of methoxy groups -OCH3 is 2. The summed E-state index contributed by atoms with van der Waals surface area (Å²) >= 11 is 0. The van der Waals surface area contributed by atoms with Crippen molar-refractivity contribution in [3.8, 4) is 0 Å². The number of ether oxygens (including phenoxy) is 2. The highest BCUT2D eigenvalue weighted by molar-refractivity contribution is 5.92. The Morgan fingerprint density at radius 1 is 1.25 bits per heavy atom. The molecule has 4 heteroatoms. The van der Waals surface area contributed by atoms with E-state index in [2.05, 4.69) is 9.98 Å². The van der Waals surface area contributed by atoms with Crippen LogP contribution < -0.4 is 0 Å². The third-order valence-corrected chi connectivity index (χ3v) is 1.32. The van der Waals surface area contributed by atoms with Gasteiger partial charge in [0.05, 0.1) is 7.11 Å². The summed E-state index contributed by atoms with van der Waals surface area (Å²) in [4.78, 5) is 8.16. The smallest absolute Gasteiger partial charge is 0.186 e. The Balaban J connectivity index is 4.18. The lowest BCUT2D eigenvalue weighted by atomic mass is 10.6. The minimum absolute atomic E-state index is 0.154. The first-order valence-electron chi connectivity index (χ1n) is 3.76. The first-order valence-corrected chi connectivity index (χ1v) is 3.76. The molecule has 0 aliphatic rings. The van der Waals surface area contributed by atoms with Gasteiger partial charge in [-0.15, -0.1) is 0 Å². The lowest BCUT2D eigenvalue weighted by Gasteiger charge is -2.03. The van der Waals surface area contributed by atoms with Crippen molar-refractivity contribution in [1.82, 2.24) is 0 Å². The van der Waals surface area contributed by atoms with Gasteiger partial charge in [0.25, 0.3) is 0 Å². The molecule has 0 aromatic rings. The fraction of sp³-hybridized carbons (Fsp3) is 0.750. The van der Waals surface area contributed by atoms with E-state index in [1.54, 1.807) is 28.1 Å². The molecule has 0 aromatic carbocycles. The Hall–Kier alpha value is -0.900. The van der Waals surface area contributed by atoms with Crippen LogP contribution in [0.3, 0.4) is 0 Å². The predicted octanol–water partition coefficient (Wildman–Crippen LogP) is 1.46. The van der Waals surface area contributed by atoms with Crippen LogP contribution in [0.1, 0.15) is 20.8 Å². The Morgan fingerprint density at radius 2 is 1.83 bits per heavy atom. The quantitative estimate of drug-likeness (QED) is 0.467. The largest absolute Gasteiger partial charge is 0.484 e. The van der Waals surface area contributed by atoms with Gasteiger partial charge in [0.15, 0.2) is 5.90 Å². The number of hydrogen-bond donors (Lipinski definition) is 0. The molecular formula is C8H16N2O2. The minimum Gasteiger partial charge on any atom is -0.484 e. The van der Waals surface area contributed by atoms with E-state index >= 15 is 0 Å². The maximum absolute atomic E-state index is 4.94. The van der Waals surface area contributed by atoms with Crippen molar-refractivity contribution in [2.45, 2.75) is 27.0 Å². The summed E-state index contributed by atoms with van der Waals surface area (Å²) in [6.45, 7) is 5.43. The average Bonchev–Trinajstić information content (AvgIpc) is 2.03. The monoisotopic (exact) mass is 172 g/mol. The van der Waals surface area contributed by atoms with Crippen LogP contribution in [0, 0.1) is 0 Å². The van der Waals surface area contributed by atoms with Gasteiger partial charge in [-0.05, 0) is 13.8 Å². The predicted molar refractivity (Wildman–Crippen MR) is 49.7 cm³/mol. The highest BCUT2D eigenvalue weighted by Crippen LogP contribution is 1.92. The second-order valence-electron chi connectivity index (χ2n) is 2.35. The SMILES string of the molecule is CO/C(C)=N/C(C)=N\C(C)OC. The van der Waals surface area contributed by atoms with E-state index in [9.17, 15) is 0 Å². The zero-order valence-electron chi connectivity index (χ0n) is 8.29. The number of rotatable bonds is 2. The van der Waals surface area contributed by atoms with Crippen molar-refractivity contribution in [3.05, 3.63) is 0 Å². The van der Waals surface area contributed by atoms with Crippen LogP contribution in [0.2, 0.25) is 0 Å². The first kappa shape index (κ1) is 11.1. The highest BCUT2D eigenvalue weighted by Gasteiger charge is 1.95. The van der Waals surface area contributed by atoms with E-state index in [0.29, 0.717) is 11.7 Å². The highest BCUT2D eigenvalue weighted by atomic mass is 16.5. The molecule has 0 aromatic heterocycles. The summed E-state index contributed by atoms with van der Waals surface area (Å²) < 4.78 is 9.80. The van der Waals surface area contributed by atoms with Gasteiger partial charge in [0.2, 0.25) is 0 Å². The molecule has 0 saturated carbocycles. The van der Waals surface area contributed by atoms with Crippen LogP contribution >= 0.6 is 0 Å². The molecule has 0 N–H and O–H groups in total. The Kier molecular flexibility index (Phi) is 5.28. The van der Waals surface area contributed by atoms with Crippen LogP contribution in [-0.2, 0) is 9.47 Å². The summed E-state index contributed by atoms with van der Waals surface area (Å²) in [6, 6.07) is 0. The summed E-state index contributed by atoms with van der Waals surface area (Å²) in [7, 11) is 3.18. The minimum atomic E-state index is -0.154. The van der Waals surface area contributed by atoms with Gasteiger partial charge in [-0.1, -0.05) is 0 Å². The molecule has 0 amide bonds. The van der Waals surface area contributed by atoms with Gasteiger partial charge in [0.1, 0.15) is 12.1 Å². The van der Waals surface area contributed by atoms with Crippen molar-refractivity contribution in [2.75, 3.05) is 14.2 Å². The maximum atomic E-state index is 4.94. The molecule has 0 radical (unpaired) electrons. The Morgan fingerprint density at radius 3 is 2.25 bits per heavy atom. The summed E-state index contributed by atoms with van der Waals surface area (Å²) in [6.07, 6.45) is -0.154. The molecule has 70 valence electrons. The molecule has 4 nitrogen and oxygen atoms in total.